The van der Waals surface area contributed by atoms with Gasteiger partial charge in [0.05, 0.1) is 7.11 Å². The van der Waals surface area contributed by atoms with E-state index < -0.39 is 17.9 Å². The number of amides is 1. The van der Waals surface area contributed by atoms with Crippen LogP contribution in [-0.4, -0.2) is 35.0 Å². The molecule has 0 radical (unpaired) electrons. The first-order valence-electron chi connectivity index (χ1n) is 7.02. The van der Waals surface area contributed by atoms with Crippen LogP contribution in [-0.2, 0) is 16.0 Å². The van der Waals surface area contributed by atoms with Crippen LogP contribution in [0.25, 0.3) is 0 Å². The normalized spacial score (nSPS) is 11.7. The smallest absolute Gasteiger partial charge is 0.328 e. The van der Waals surface area contributed by atoms with Crippen molar-refractivity contribution in [3.63, 3.8) is 0 Å². The van der Waals surface area contributed by atoms with Gasteiger partial charge in [0.25, 0.3) is 5.91 Å². The summed E-state index contributed by atoms with van der Waals surface area (Å²) in [5.41, 5.74) is 1.57. The van der Waals surface area contributed by atoms with Crippen LogP contribution in [0.1, 0.15) is 21.5 Å². The van der Waals surface area contributed by atoms with Gasteiger partial charge in [0, 0.05) is 24.4 Å². The summed E-state index contributed by atoms with van der Waals surface area (Å²) in [4.78, 5) is 32.3. The molecule has 1 amide bonds. The minimum absolute atomic E-state index is 0.0968. The molecule has 0 aliphatic carbocycles. The van der Waals surface area contributed by atoms with Crippen LogP contribution >= 0.6 is 23.2 Å². The largest absolute Gasteiger partial charge is 0.467 e. The van der Waals surface area contributed by atoms with Crippen molar-refractivity contribution in [2.45, 2.75) is 19.4 Å². The van der Waals surface area contributed by atoms with E-state index in [-0.39, 0.29) is 22.3 Å². The number of esters is 1. The third kappa shape index (κ3) is 4.43. The fourth-order valence-corrected chi connectivity index (χ4v) is 2.54. The van der Waals surface area contributed by atoms with Gasteiger partial charge >= 0.3 is 5.97 Å². The third-order valence-electron chi connectivity index (χ3n) is 3.41. The maximum Gasteiger partial charge on any atom is 0.328 e. The summed E-state index contributed by atoms with van der Waals surface area (Å²) in [6, 6.07) is 4.06. The van der Waals surface area contributed by atoms with Crippen LogP contribution in [0.15, 0.2) is 30.6 Å². The Bertz CT molecular complexity index is 754. The zero-order valence-electron chi connectivity index (χ0n) is 13.0. The third-order valence-corrected chi connectivity index (χ3v) is 3.97. The van der Waals surface area contributed by atoms with Crippen LogP contribution in [0.2, 0.25) is 10.3 Å². The van der Waals surface area contributed by atoms with Gasteiger partial charge in [-0.15, -0.1) is 0 Å². The average molecular weight is 368 g/mol. The molecule has 0 aliphatic heterocycles. The van der Waals surface area contributed by atoms with Gasteiger partial charge in [0.1, 0.15) is 16.3 Å². The minimum atomic E-state index is -0.852. The fraction of sp³-hybridized carbons (Fsp3) is 0.250. The Morgan fingerprint density at radius 2 is 1.96 bits per heavy atom. The van der Waals surface area contributed by atoms with E-state index in [1.165, 1.54) is 13.2 Å². The SMILES string of the molecule is COC(=O)C(Cc1ccncc1)NC(=O)c1cc(Cl)nc(Cl)c1C. The van der Waals surface area contributed by atoms with Crippen LogP contribution in [0.4, 0.5) is 0 Å². The second kappa shape index (κ2) is 8.08. The number of nitrogens with one attached hydrogen (secondary N) is 1. The Morgan fingerprint density at radius 1 is 1.29 bits per heavy atom. The molecular formula is C16H15Cl2N3O3. The molecule has 2 heterocycles. The first kappa shape index (κ1) is 18.2. The summed E-state index contributed by atoms with van der Waals surface area (Å²) >= 11 is 11.8. The summed E-state index contributed by atoms with van der Waals surface area (Å²) in [6.07, 6.45) is 3.49. The van der Waals surface area contributed by atoms with Crippen LogP contribution in [0.5, 0.6) is 0 Å². The number of methoxy groups -OCH3 is 1. The molecular weight excluding hydrogens is 353 g/mol. The lowest BCUT2D eigenvalue weighted by atomic mass is 10.1. The molecule has 1 N–H and O–H groups in total. The van der Waals surface area contributed by atoms with E-state index in [9.17, 15) is 9.59 Å². The van der Waals surface area contributed by atoms with Gasteiger partial charge in [-0.2, -0.15) is 0 Å². The highest BCUT2D eigenvalue weighted by atomic mass is 35.5. The molecule has 24 heavy (non-hydrogen) atoms. The molecule has 0 saturated carbocycles. The summed E-state index contributed by atoms with van der Waals surface area (Å²) in [6.45, 7) is 1.65. The quantitative estimate of drug-likeness (QED) is 0.648. The lowest BCUT2D eigenvalue weighted by Gasteiger charge is -2.17. The number of pyridine rings is 2. The summed E-state index contributed by atoms with van der Waals surface area (Å²) in [5.74, 6) is -1.03. The van der Waals surface area contributed by atoms with Crippen LogP contribution < -0.4 is 5.32 Å². The molecule has 6 nitrogen and oxygen atoms in total. The Labute approximate surface area is 149 Å². The number of carbonyl (C=O) groups is 2. The highest BCUT2D eigenvalue weighted by Gasteiger charge is 2.24. The number of carbonyl (C=O) groups excluding carboxylic acids is 2. The average Bonchev–Trinajstić information content (AvgIpc) is 2.57. The maximum absolute atomic E-state index is 12.5. The standard InChI is InChI=1S/C16H15Cl2N3O3/c1-9-11(8-13(17)21-14(9)18)15(22)20-12(16(23)24-2)7-10-3-5-19-6-4-10/h3-6,8,12H,7H2,1-2H3,(H,20,22). The Kier molecular flexibility index (Phi) is 6.11. The molecule has 0 spiro atoms. The molecule has 0 saturated heterocycles. The van der Waals surface area contributed by atoms with Crippen molar-refractivity contribution in [1.82, 2.24) is 15.3 Å². The monoisotopic (exact) mass is 367 g/mol. The molecule has 1 atom stereocenters. The van der Waals surface area contributed by atoms with Gasteiger partial charge in [-0.25, -0.2) is 9.78 Å². The predicted molar refractivity (Wildman–Crippen MR) is 90.2 cm³/mol. The van der Waals surface area contributed by atoms with Gasteiger partial charge in [0.15, 0.2) is 0 Å². The van der Waals surface area contributed by atoms with Gasteiger partial charge in [0.2, 0.25) is 0 Å². The molecule has 2 aromatic heterocycles. The zero-order chi connectivity index (χ0) is 17.7. The molecule has 2 rings (SSSR count). The van der Waals surface area contributed by atoms with Gasteiger partial charge in [-0.05, 0) is 36.2 Å². The van der Waals surface area contributed by atoms with Crippen molar-refractivity contribution < 1.29 is 14.3 Å². The number of nitrogens with zero attached hydrogens (tertiary/aromatic N) is 2. The van der Waals surface area contributed by atoms with Crippen LogP contribution in [0, 0.1) is 6.92 Å². The first-order chi connectivity index (χ1) is 11.4. The van der Waals surface area contributed by atoms with Crippen molar-refractivity contribution in [2.24, 2.45) is 0 Å². The number of aromatic nitrogens is 2. The topological polar surface area (TPSA) is 81.2 Å². The summed E-state index contributed by atoms with van der Waals surface area (Å²) in [7, 11) is 1.26. The van der Waals surface area contributed by atoms with Crippen molar-refractivity contribution in [3.8, 4) is 0 Å². The molecule has 8 heteroatoms. The van der Waals surface area contributed by atoms with E-state index in [1.807, 2.05) is 0 Å². The number of hydrogen-bond donors (Lipinski definition) is 1. The van der Waals surface area contributed by atoms with Gasteiger partial charge < -0.3 is 10.1 Å². The lowest BCUT2D eigenvalue weighted by Crippen LogP contribution is -2.43. The summed E-state index contributed by atoms with van der Waals surface area (Å²) < 4.78 is 4.77. The molecule has 0 aliphatic rings. The Morgan fingerprint density at radius 3 is 2.58 bits per heavy atom. The van der Waals surface area contributed by atoms with Crippen molar-refractivity contribution in [3.05, 3.63) is 57.6 Å². The fourth-order valence-electron chi connectivity index (χ4n) is 2.11. The number of rotatable bonds is 5. The van der Waals surface area contributed by atoms with E-state index in [2.05, 4.69) is 15.3 Å². The zero-order valence-corrected chi connectivity index (χ0v) is 14.6. The van der Waals surface area contributed by atoms with E-state index in [0.717, 1.165) is 5.56 Å². The number of ether oxygens (including phenoxy) is 1. The molecule has 0 aromatic carbocycles. The van der Waals surface area contributed by atoms with E-state index >= 15 is 0 Å². The van der Waals surface area contributed by atoms with E-state index in [1.54, 1.807) is 31.5 Å². The number of halogens is 2. The Hall–Kier alpha value is -2.18. The van der Waals surface area contributed by atoms with Gasteiger partial charge in [-0.1, -0.05) is 23.2 Å². The van der Waals surface area contributed by atoms with Crippen molar-refractivity contribution >= 4 is 35.1 Å². The lowest BCUT2D eigenvalue weighted by molar-refractivity contribution is -0.142. The minimum Gasteiger partial charge on any atom is -0.467 e. The molecule has 0 fully saturated rings. The van der Waals surface area contributed by atoms with E-state index in [4.69, 9.17) is 27.9 Å². The van der Waals surface area contributed by atoms with Crippen LogP contribution in [0.3, 0.4) is 0 Å². The Balaban J connectivity index is 2.23. The molecule has 2 aromatic rings. The number of hydrogen-bond acceptors (Lipinski definition) is 5. The highest BCUT2D eigenvalue weighted by Crippen LogP contribution is 2.21. The van der Waals surface area contributed by atoms with Crippen molar-refractivity contribution in [2.75, 3.05) is 7.11 Å². The van der Waals surface area contributed by atoms with Crippen molar-refractivity contribution in [1.29, 1.82) is 0 Å². The molecule has 1 unspecified atom stereocenters. The predicted octanol–water partition coefficient (Wildman–Crippen LogP) is 2.61. The highest BCUT2D eigenvalue weighted by molar-refractivity contribution is 6.33. The first-order valence-corrected chi connectivity index (χ1v) is 7.78. The maximum atomic E-state index is 12.5. The molecule has 126 valence electrons. The summed E-state index contributed by atoms with van der Waals surface area (Å²) in [5, 5.41) is 2.88. The second-order valence-corrected chi connectivity index (χ2v) is 5.76. The van der Waals surface area contributed by atoms with E-state index in [0.29, 0.717) is 5.56 Å². The van der Waals surface area contributed by atoms with Gasteiger partial charge in [-0.3, -0.25) is 9.78 Å². The second-order valence-electron chi connectivity index (χ2n) is 5.02. The molecule has 0 bridgehead atoms.